The SMILES string of the molecule is CC(=O)c1c(C)nc2n(Cc3ccccc3)c3ccccc3n12.Cl. The lowest BCUT2D eigenvalue weighted by Crippen LogP contribution is -2.00. The van der Waals surface area contributed by atoms with Crippen LogP contribution in [0.15, 0.2) is 54.6 Å². The van der Waals surface area contributed by atoms with Crippen LogP contribution in [0.2, 0.25) is 0 Å². The average molecular weight is 340 g/mol. The van der Waals surface area contributed by atoms with Gasteiger partial charge in [0.15, 0.2) is 5.78 Å². The van der Waals surface area contributed by atoms with E-state index >= 15 is 0 Å². The third kappa shape index (κ3) is 2.39. The summed E-state index contributed by atoms with van der Waals surface area (Å²) in [6, 6.07) is 18.4. The van der Waals surface area contributed by atoms with Crippen LogP contribution in [0.3, 0.4) is 0 Å². The fourth-order valence-electron chi connectivity index (χ4n) is 3.25. The number of fused-ring (bicyclic) bond motifs is 3. The number of aromatic nitrogens is 3. The third-order valence-electron chi connectivity index (χ3n) is 4.21. The predicted octanol–water partition coefficient (Wildman–Crippen LogP) is 4.27. The molecule has 0 saturated heterocycles. The second kappa shape index (κ2) is 6.13. The first-order valence-electron chi connectivity index (χ1n) is 7.68. The fraction of sp³-hybridized carbons (Fsp3) is 0.158. The van der Waals surface area contributed by atoms with Gasteiger partial charge in [0.25, 0.3) is 0 Å². The maximum atomic E-state index is 12.1. The molecule has 4 nitrogen and oxygen atoms in total. The largest absolute Gasteiger partial charge is 0.305 e. The molecule has 0 spiro atoms. The van der Waals surface area contributed by atoms with Crippen molar-refractivity contribution in [2.24, 2.45) is 0 Å². The molecule has 0 atom stereocenters. The summed E-state index contributed by atoms with van der Waals surface area (Å²) in [5.74, 6) is 0.857. The first-order valence-corrected chi connectivity index (χ1v) is 7.68. The number of para-hydroxylation sites is 2. The fourth-order valence-corrected chi connectivity index (χ4v) is 3.25. The number of hydrogen-bond acceptors (Lipinski definition) is 2. The van der Waals surface area contributed by atoms with E-state index in [0.29, 0.717) is 5.69 Å². The summed E-state index contributed by atoms with van der Waals surface area (Å²) in [6.45, 7) is 4.22. The number of carbonyl (C=O) groups excluding carboxylic acids is 1. The van der Waals surface area contributed by atoms with Gasteiger partial charge in [0.1, 0.15) is 5.69 Å². The van der Waals surface area contributed by atoms with Crippen molar-refractivity contribution in [3.63, 3.8) is 0 Å². The molecular formula is C19H18ClN3O. The first-order chi connectivity index (χ1) is 11.2. The van der Waals surface area contributed by atoms with Gasteiger partial charge >= 0.3 is 0 Å². The van der Waals surface area contributed by atoms with Gasteiger partial charge < -0.3 is 4.57 Å². The van der Waals surface area contributed by atoms with Crippen molar-refractivity contribution in [3.8, 4) is 0 Å². The van der Waals surface area contributed by atoms with Crippen molar-refractivity contribution in [2.45, 2.75) is 20.4 Å². The molecule has 4 rings (SSSR count). The molecule has 2 aromatic carbocycles. The number of aryl methyl sites for hydroxylation is 1. The quantitative estimate of drug-likeness (QED) is 0.523. The molecular weight excluding hydrogens is 322 g/mol. The third-order valence-corrected chi connectivity index (χ3v) is 4.21. The Morgan fingerprint density at radius 1 is 1.00 bits per heavy atom. The number of hydrogen-bond donors (Lipinski definition) is 0. The van der Waals surface area contributed by atoms with Gasteiger partial charge in [0, 0.05) is 6.92 Å². The summed E-state index contributed by atoms with van der Waals surface area (Å²) in [5.41, 5.74) is 4.76. The van der Waals surface area contributed by atoms with Gasteiger partial charge in [0.05, 0.1) is 23.3 Å². The molecule has 0 fully saturated rings. The summed E-state index contributed by atoms with van der Waals surface area (Å²) in [5, 5.41) is 0. The zero-order chi connectivity index (χ0) is 16.0. The van der Waals surface area contributed by atoms with E-state index in [0.717, 1.165) is 29.0 Å². The molecule has 0 aliphatic carbocycles. The van der Waals surface area contributed by atoms with Crippen molar-refractivity contribution in [2.75, 3.05) is 0 Å². The normalized spacial score (nSPS) is 10.9. The van der Waals surface area contributed by atoms with E-state index in [-0.39, 0.29) is 18.2 Å². The van der Waals surface area contributed by atoms with Crippen molar-refractivity contribution < 1.29 is 4.79 Å². The van der Waals surface area contributed by atoms with Crippen LogP contribution in [-0.4, -0.2) is 19.7 Å². The minimum absolute atomic E-state index is 0. The zero-order valence-corrected chi connectivity index (χ0v) is 14.4. The Kier molecular flexibility index (Phi) is 4.16. The van der Waals surface area contributed by atoms with Crippen LogP contribution in [0.25, 0.3) is 16.8 Å². The zero-order valence-electron chi connectivity index (χ0n) is 13.6. The molecule has 0 N–H and O–H groups in total. The van der Waals surface area contributed by atoms with E-state index in [1.54, 1.807) is 6.92 Å². The number of halogens is 1. The van der Waals surface area contributed by atoms with Crippen molar-refractivity contribution in [3.05, 3.63) is 71.5 Å². The summed E-state index contributed by atoms with van der Waals surface area (Å²) >= 11 is 0. The summed E-state index contributed by atoms with van der Waals surface area (Å²) in [6.07, 6.45) is 0. The van der Waals surface area contributed by atoms with Crippen LogP contribution in [0.1, 0.15) is 28.7 Å². The molecule has 2 aromatic heterocycles. The lowest BCUT2D eigenvalue weighted by atomic mass is 10.2. The van der Waals surface area contributed by atoms with Gasteiger partial charge in [-0.05, 0) is 24.6 Å². The van der Waals surface area contributed by atoms with Crippen molar-refractivity contribution >= 4 is 35.0 Å². The van der Waals surface area contributed by atoms with Crippen LogP contribution in [0, 0.1) is 6.92 Å². The minimum Gasteiger partial charge on any atom is -0.305 e. The molecule has 0 saturated carbocycles. The number of nitrogens with zero attached hydrogens (tertiary/aromatic N) is 3. The van der Waals surface area contributed by atoms with E-state index in [9.17, 15) is 4.79 Å². The Morgan fingerprint density at radius 2 is 1.62 bits per heavy atom. The summed E-state index contributed by atoms with van der Waals surface area (Å²) < 4.78 is 4.15. The topological polar surface area (TPSA) is 39.3 Å². The second-order valence-corrected chi connectivity index (χ2v) is 5.80. The smallest absolute Gasteiger partial charge is 0.216 e. The average Bonchev–Trinajstić information content (AvgIpc) is 3.03. The second-order valence-electron chi connectivity index (χ2n) is 5.80. The Balaban J connectivity index is 0.00000169. The number of benzene rings is 2. The highest BCUT2D eigenvalue weighted by molar-refractivity contribution is 5.97. The lowest BCUT2D eigenvalue weighted by molar-refractivity contribution is 0.101. The van der Waals surface area contributed by atoms with E-state index in [4.69, 9.17) is 0 Å². The van der Waals surface area contributed by atoms with E-state index < -0.39 is 0 Å². The number of rotatable bonds is 3. The molecule has 0 radical (unpaired) electrons. The molecule has 0 aliphatic rings. The van der Waals surface area contributed by atoms with Gasteiger partial charge in [-0.1, -0.05) is 42.5 Å². The van der Waals surface area contributed by atoms with E-state index in [2.05, 4.69) is 27.8 Å². The molecule has 24 heavy (non-hydrogen) atoms. The van der Waals surface area contributed by atoms with E-state index in [1.165, 1.54) is 5.56 Å². The molecule has 2 heterocycles. The number of Topliss-reactive ketones (excluding diaryl/α,β-unsaturated/α-hetero) is 1. The number of carbonyl (C=O) groups is 1. The highest BCUT2D eigenvalue weighted by atomic mass is 35.5. The minimum atomic E-state index is 0. The highest BCUT2D eigenvalue weighted by Crippen LogP contribution is 2.25. The van der Waals surface area contributed by atoms with Gasteiger partial charge in [-0.3, -0.25) is 9.20 Å². The first kappa shape index (κ1) is 16.3. The lowest BCUT2D eigenvalue weighted by Gasteiger charge is -2.05. The monoisotopic (exact) mass is 339 g/mol. The van der Waals surface area contributed by atoms with Crippen LogP contribution >= 0.6 is 12.4 Å². The van der Waals surface area contributed by atoms with Gasteiger partial charge in [-0.25, -0.2) is 4.98 Å². The van der Waals surface area contributed by atoms with Crippen LogP contribution in [0.4, 0.5) is 0 Å². The Labute approximate surface area is 146 Å². The van der Waals surface area contributed by atoms with Crippen molar-refractivity contribution in [1.29, 1.82) is 0 Å². The number of ketones is 1. The Morgan fingerprint density at radius 3 is 2.29 bits per heavy atom. The van der Waals surface area contributed by atoms with Gasteiger partial charge in [-0.2, -0.15) is 0 Å². The van der Waals surface area contributed by atoms with E-state index in [1.807, 2.05) is 47.7 Å². The molecule has 5 heteroatoms. The van der Waals surface area contributed by atoms with Gasteiger partial charge in [0.2, 0.25) is 5.78 Å². The number of imidazole rings is 2. The molecule has 0 amide bonds. The van der Waals surface area contributed by atoms with Crippen molar-refractivity contribution in [1.82, 2.24) is 14.0 Å². The summed E-state index contributed by atoms with van der Waals surface area (Å²) in [4.78, 5) is 16.8. The highest BCUT2D eigenvalue weighted by Gasteiger charge is 2.20. The predicted molar refractivity (Wildman–Crippen MR) is 98.2 cm³/mol. The molecule has 0 bridgehead atoms. The van der Waals surface area contributed by atoms with Crippen LogP contribution in [0.5, 0.6) is 0 Å². The molecule has 4 aromatic rings. The summed E-state index contributed by atoms with van der Waals surface area (Å²) in [7, 11) is 0. The molecule has 122 valence electrons. The maximum absolute atomic E-state index is 12.1. The molecule has 0 unspecified atom stereocenters. The standard InChI is InChI=1S/C19H17N3O.ClH/c1-13-18(14(2)23)22-17-11-7-6-10-16(17)21(19(22)20-13)12-15-8-4-3-5-9-15;/h3-11H,12H2,1-2H3;1H. The van der Waals surface area contributed by atoms with Gasteiger partial charge in [-0.15, -0.1) is 12.4 Å². The van der Waals surface area contributed by atoms with Crippen LogP contribution < -0.4 is 0 Å². The Bertz CT molecular complexity index is 1030. The molecule has 0 aliphatic heterocycles. The van der Waals surface area contributed by atoms with Crippen LogP contribution in [-0.2, 0) is 6.54 Å². The maximum Gasteiger partial charge on any atom is 0.216 e. The Hall–Kier alpha value is -2.59.